The van der Waals surface area contributed by atoms with E-state index in [2.05, 4.69) is 5.32 Å². The Morgan fingerprint density at radius 2 is 1.45 bits per heavy atom. The van der Waals surface area contributed by atoms with Crippen molar-refractivity contribution in [3.05, 3.63) is 126 Å². The van der Waals surface area contributed by atoms with Crippen molar-refractivity contribution in [2.24, 2.45) is 0 Å². The van der Waals surface area contributed by atoms with E-state index >= 15 is 0 Å². The molecule has 0 saturated carbocycles. The molecule has 9 heteroatoms. The zero-order chi connectivity index (χ0) is 30.1. The van der Waals surface area contributed by atoms with Gasteiger partial charge >= 0.3 is 0 Å². The molecular weight excluding hydrogens is 550 g/mol. The summed E-state index contributed by atoms with van der Waals surface area (Å²) >= 11 is 0. The molecule has 218 valence electrons. The van der Waals surface area contributed by atoms with Crippen LogP contribution in [-0.4, -0.2) is 51.9 Å². The fourth-order valence-corrected chi connectivity index (χ4v) is 6.06. The van der Waals surface area contributed by atoms with Gasteiger partial charge in [0.15, 0.2) is 0 Å². The van der Waals surface area contributed by atoms with Gasteiger partial charge in [0, 0.05) is 20.0 Å². The van der Waals surface area contributed by atoms with E-state index in [9.17, 15) is 18.0 Å². The van der Waals surface area contributed by atoms with Crippen molar-refractivity contribution in [2.45, 2.75) is 30.8 Å². The number of hydrogen-bond acceptors (Lipinski definition) is 5. The van der Waals surface area contributed by atoms with Gasteiger partial charge in [-0.25, -0.2) is 8.42 Å². The van der Waals surface area contributed by atoms with Gasteiger partial charge in [0.1, 0.15) is 18.3 Å². The topological polar surface area (TPSA) is 96.0 Å². The maximum atomic E-state index is 14.3. The fraction of sp³-hybridized carbons (Fsp3) is 0.212. The number of carbonyl (C=O) groups is 2. The minimum Gasteiger partial charge on any atom is -0.497 e. The van der Waals surface area contributed by atoms with E-state index in [1.807, 2.05) is 43.3 Å². The Labute approximate surface area is 247 Å². The van der Waals surface area contributed by atoms with Crippen LogP contribution in [0.15, 0.2) is 114 Å². The van der Waals surface area contributed by atoms with Crippen LogP contribution in [0.3, 0.4) is 0 Å². The molecule has 8 nitrogen and oxygen atoms in total. The smallest absolute Gasteiger partial charge is 0.264 e. The molecule has 0 heterocycles. The molecular formula is C33H35N3O5S. The van der Waals surface area contributed by atoms with Crippen LogP contribution in [-0.2, 0) is 32.6 Å². The lowest BCUT2D eigenvalue weighted by Crippen LogP contribution is -2.53. The Bertz CT molecular complexity index is 1590. The van der Waals surface area contributed by atoms with Gasteiger partial charge in [0.2, 0.25) is 11.8 Å². The highest BCUT2D eigenvalue weighted by Gasteiger charge is 2.34. The number of methoxy groups -OCH3 is 1. The zero-order valence-corrected chi connectivity index (χ0v) is 24.8. The van der Waals surface area contributed by atoms with Crippen LogP contribution < -0.4 is 14.4 Å². The van der Waals surface area contributed by atoms with Crippen LogP contribution in [0.4, 0.5) is 5.69 Å². The summed E-state index contributed by atoms with van der Waals surface area (Å²) in [6, 6.07) is 30.7. The average molecular weight is 586 g/mol. The molecule has 0 spiro atoms. The molecule has 0 unspecified atom stereocenters. The summed E-state index contributed by atoms with van der Waals surface area (Å²) in [5, 5.41) is 2.69. The zero-order valence-electron chi connectivity index (χ0n) is 23.9. The molecule has 1 atom stereocenters. The van der Waals surface area contributed by atoms with Crippen molar-refractivity contribution in [2.75, 3.05) is 25.0 Å². The highest BCUT2D eigenvalue weighted by molar-refractivity contribution is 7.92. The van der Waals surface area contributed by atoms with Crippen molar-refractivity contribution in [1.29, 1.82) is 0 Å². The number of aryl methyl sites for hydroxylation is 1. The molecule has 42 heavy (non-hydrogen) atoms. The summed E-state index contributed by atoms with van der Waals surface area (Å²) < 4.78 is 34.4. The van der Waals surface area contributed by atoms with Gasteiger partial charge in [0.05, 0.1) is 17.7 Å². The lowest BCUT2D eigenvalue weighted by Gasteiger charge is -2.33. The van der Waals surface area contributed by atoms with Crippen molar-refractivity contribution >= 4 is 27.5 Å². The number of para-hydroxylation sites is 1. The molecule has 2 amide bonds. The second-order valence-electron chi connectivity index (χ2n) is 9.85. The summed E-state index contributed by atoms with van der Waals surface area (Å²) in [6.45, 7) is 1.43. The Morgan fingerprint density at radius 3 is 2.07 bits per heavy atom. The summed E-state index contributed by atoms with van der Waals surface area (Å²) in [5.74, 6) is -0.281. The van der Waals surface area contributed by atoms with Gasteiger partial charge in [0.25, 0.3) is 10.0 Å². The highest BCUT2D eigenvalue weighted by Crippen LogP contribution is 2.25. The number of nitrogens with one attached hydrogen (secondary N) is 1. The van der Waals surface area contributed by atoms with Crippen LogP contribution in [0, 0.1) is 6.92 Å². The van der Waals surface area contributed by atoms with Gasteiger partial charge in [-0.2, -0.15) is 0 Å². The van der Waals surface area contributed by atoms with Crippen molar-refractivity contribution in [3.63, 3.8) is 0 Å². The molecule has 0 aromatic heterocycles. The van der Waals surface area contributed by atoms with E-state index in [1.165, 1.54) is 24.1 Å². The molecule has 0 radical (unpaired) electrons. The van der Waals surface area contributed by atoms with E-state index in [0.29, 0.717) is 11.4 Å². The minimum absolute atomic E-state index is 0.0637. The fourth-order valence-electron chi connectivity index (χ4n) is 4.65. The van der Waals surface area contributed by atoms with Crippen molar-refractivity contribution < 1.29 is 22.7 Å². The number of likely N-dealkylation sites (N-methyl/N-ethyl adjacent to an activating group) is 1. The van der Waals surface area contributed by atoms with E-state index in [4.69, 9.17) is 4.74 Å². The number of nitrogens with zero attached hydrogens (tertiary/aromatic N) is 2. The van der Waals surface area contributed by atoms with Gasteiger partial charge in [-0.3, -0.25) is 13.9 Å². The summed E-state index contributed by atoms with van der Waals surface area (Å²) in [6.07, 6.45) is 0.242. The molecule has 0 fully saturated rings. The Hall–Kier alpha value is -4.63. The van der Waals surface area contributed by atoms with Crippen LogP contribution in [0.2, 0.25) is 0 Å². The minimum atomic E-state index is -4.13. The third-order valence-corrected chi connectivity index (χ3v) is 8.72. The summed E-state index contributed by atoms with van der Waals surface area (Å²) in [5.41, 5.74) is 2.85. The van der Waals surface area contributed by atoms with E-state index in [1.54, 1.807) is 67.8 Å². The Kier molecular flexibility index (Phi) is 9.98. The first-order chi connectivity index (χ1) is 20.2. The molecule has 0 aliphatic rings. The Morgan fingerprint density at radius 1 is 0.833 bits per heavy atom. The maximum Gasteiger partial charge on any atom is 0.264 e. The first kappa shape index (κ1) is 30.3. The number of rotatable bonds is 12. The molecule has 1 N–H and O–H groups in total. The second kappa shape index (κ2) is 13.8. The largest absolute Gasteiger partial charge is 0.497 e. The lowest BCUT2D eigenvalue weighted by molar-refractivity contribution is -0.139. The van der Waals surface area contributed by atoms with E-state index in [-0.39, 0.29) is 23.8 Å². The van der Waals surface area contributed by atoms with Gasteiger partial charge in [-0.05, 0) is 54.4 Å². The predicted octanol–water partition coefficient (Wildman–Crippen LogP) is 4.59. The Balaban J connectivity index is 1.77. The number of carbonyl (C=O) groups excluding carboxylic acids is 2. The molecule has 4 aromatic carbocycles. The average Bonchev–Trinajstić information content (AvgIpc) is 3.02. The summed E-state index contributed by atoms with van der Waals surface area (Å²) in [4.78, 5) is 29.1. The lowest BCUT2D eigenvalue weighted by atomic mass is 10.0. The first-order valence-electron chi connectivity index (χ1n) is 13.6. The van der Waals surface area contributed by atoms with E-state index in [0.717, 1.165) is 21.0 Å². The third-order valence-electron chi connectivity index (χ3n) is 6.94. The third kappa shape index (κ3) is 7.36. The van der Waals surface area contributed by atoms with Gasteiger partial charge in [-0.15, -0.1) is 0 Å². The molecule has 0 aliphatic heterocycles. The number of sulfonamides is 1. The highest BCUT2D eigenvalue weighted by atomic mass is 32.2. The van der Waals surface area contributed by atoms with Crippen LogP contribution in [0.25, 0.3) is 0 Å². The number of ether oxygens (including phenoxy) is 1. The van der Waals surface area contributed by atoms with Crippen molar-refractivity contribution in [3.8, 4) is 5.75 Å². The van der Waals surface area contributed by atoms with Crippen LogP contribution >= 0.6 is 0 Å². The monoisotopic (exact) mass is 585 g/mol. The first-order valence-corrected chi connectivity index (χ1v) is 15.0. The number of hydrogen-bond donors (Lipinski definition) is 1. The molecule has 0 bridgehead atoms. The molecule has 0 aliphatic carbocycles. The normalized spacial score (nSPS) is 11.8. The van der Waals surface area contributed by atoms with Crippen LogP contribution in [0.1, 0.15) is 16.7 Å². The SMILES string of the molecule is CNC(=O)[C@@H](Cc1ccccc1)N(Cc1cccc(OC)c1)C(=O)CN(c1ccccc1)S(=O)(=O)c1ccc(C)cc1. The van der Waals surface area contributed by atoms with E-state index < -0.39 is 28.5 Å². The van der Waals surface area contributed by atoms with Gasteiger partial charge in [-0.1, -0.05) is 78.4 Å². The molecule has 4 aromatic rings. The van der Waals surface area contributed by atoms with Gasteiger partial charge < -0.3 is 15.0 Å². The molecule has 0 saturated heterocycles. The number of anilines is 1. The van der Waals surface area contributed by atoms with Crippen LogP contribution in [0.5, 0.6) is 5.75 Å². The maximum absolute atomic E-state index is 14.3. The quantitative estimate of drug-likeness (QED) is 0.263. The molecule has 4 rings (SSSR count). The predicted molar refractivity (Wildman–Crippen MR) is 164 cm³/mol. The second-order valence-corrected chi connectivity index (χ2v) is 11.7. The standard InChI is InChI=1S/C33H35N3O5S/c1-25-17-19-30(20-18-25)42(39,40)36(28-14-8-5-9-15-28)24-32(37)35(23-27-13-10-16-29(21-27)41-3)31(33(38)34-2)22-26-11-6-4-7-12-26/h4-21,31H,22-24H2,1-3H3,(H,34,38)/t31-/m1/s1. The summed E-state index contributed by atoms with van der Waals surface area (Å²) in [7, 11) is -1.05. The number of amides is 2. The van der Waals surface area contributed by atoms with Crippen molar-refractivity contribution in [1.82, 2.24) is 10.2 Å². The number of benzene rings is 4.